The highest BCUT2D eigenvalue weighted by Gasteiger charge is 2.24. The molecule has 0 aromatic carbocycles. The second kappa shape index (κ2) is 5.61. The van der Waals surface area contributed by atoms with E-state index in [1.807, 2.05) is 11.8 Å². The quantitative estimate of drug-likeness (QED) is 0.832. The number of piperidine rings is 1. The van der Waals surface area contributed by atoms with Crippen molar-refractivity contribution < 1.29 is 4.79 Å². The van der Waals surface area contributed by atoms with Gasteiger partial charge in [-0.1, -0.05) is 0 Å². The highest BCUT2D eigenvalue weighted by molar-refractivity contribution is 7.11. The van der Waals surface area contributed by atoms with E-state index in [2.05, 4.69) is 4.98 Å². The van der Waals surface area contributed by atoms with Crippen LogP contribution in [0.2, 0.25) is 0 Å². The Morgan fingerprint density at radius 1 is 1.69 bits per heavy atom. The average molecular weight is 262 g/mol. The van der Waals surface area contributed by atoms with Crippen molar-refractivity contribution in [1.82, 2.24) is 9.88 Å². The molecule has 6 heteroatoms. The highest BCUT2D eigenvalue weighted by atomic mass is 35.5. The van der Waals surface area contributed by atoms with Gasteiger partial charge in [-0.05, 0) is 19.8 Å². The van der Waals surface area contributed by atoms with Crippen LogP contribution in [-0.2, 0) is 0 Å². The minimum absolute atomic E-state index is 0. The molecule has 1 aliphatic rings. The Morgan fingerprint density at radius 3 is 3.00 bits per heavy atom. The van der Waals surface area contributed by atoms with Gasteiger partial charge in [0.05, 0.1) is 11.2 Å². The van der Waals surface area contributed by atoms with Gasteiger partial charge in [0.2, 0.25) is 0 Å². The number of carbonyl (C=O) groups is 1. The van der Waals surface area contributed by atoms with Crippen LogP contribution in [0.1, 0.15) is 28.2 Å². The van der Waals surface area contributed by atoms with Crippen LogP contribution in [0.4, 0.5) is 0 Å². The first-order valence-electron chi connectivity index (χ1n) is 5.13. The fourth-order valence-electron chi connectivity index (χ4n) is 1.85. The van der Waals surface area contributed by atoms with Gasteiger partial charge in [-0.15, -0.1) is 23.7 Å². The first-order chi connectivity index (χ1) is 7.18. The van der Waals surface area contributed by atoms with Gasteiger partial charge in [0, 0.05) is 19.1 Å². The molecule has 0 bridgehead atoms. The zero-order chi connectivity index (χ0) is 10.8. The van der Waals surface area contributed by atoms with E-state index in [0.717, 1.165) is 30.0 Å². The first kappa shape index (κ1) is 13.4. The number of aryl methyl sites for hydroxylation is 1. The topological polar surface area (TPSA) is 59.2 Å². The maximum Gasteiger partial charge on any atom is 0.265 e. The third-order valence-corrected chi connectivity index (χ3v) is 3.60. The smallest absolute Gasteiger partial charge is 0.265 e. The molecule has 0 radical (unpaired) electrons. The van der Waals surface area contributed by atoms with Crippen LogP contribution < -0.4 is 5.73 Å². The number of carbonyl (C=O) groups excluding carboxylic acids is 1. The Labute approximate surface area is 105 Å². The molecule has 1 fully saturated rings. The monoisotopic (exact) mass is 261 g/mol. The van der Waals surface area contributed by atoms with E-state index in [4.69, 9.17) is 5.73 Å². The predicted molar refractivity (Wildman–Crippen MR) is 67.2 cm³/mol. The number of nitrogens with two attached hydrogens (primary N) is 1. The third kappa shape index (κ3) is 2.72. The van der Waals surface area contributed by atoms with E-state index in [1.165, 1.54) is 11.3 Å². The largest absolute Gasteiger partial charge is 0.336 e. The van der Waals surface area contributed by atoms with Crippen LogP contribution in [0.3, 0.4) is 0 Å². The minimum atomic E-state index is 0. The summed E-state index contributed by atoms with van der Waals surface area (Å²) >= 11 is 1.41. The van der Waals surface area contributed by atoms with Gasteiger partial charge in [-0.3, -0.25) is 4.79 Å². The van der Waals surface area contributed by atoms with Crippen molar-refractivity contribution in [3.05, 3.63) is 16.1 Å². The van der Waals surface area contributed by atoms with Crippen molar-refractivity contribution in [3.63, 3.8) is 0 Å². The van der Waals surface area contributed by atoms with Crippen LogP contribution in [0.15, 0.2) is 5.51 Å². The predicted octanol–water partition coefficient (Wildman–Crippen LogP) is 1.44. The molecule has 16 heavy (non-hydrogen) atoms. The molecule has 4 nitrogen and oxygen atoms in total. The zero-order valence-corrected chi connectivity index (χ0v) is 10.8. The second-order valence-corrected chi connectivity index (χ2v) is 4.78. The summed E-state index contributed by atoms with van der Waals surface area (Å²) in [7, 11) is 0. The van der Waals surface area contributed by atoms with E-state index in [1.54, 1.807) is 5.51 Å². The van der Waals surface area contributed by atoms with Gasteiger partial charge in [-0.2, -0.15) is 0 Å². The Balaban J connectivity index is 0.00000128. The van der Waals surface area contributed by atoms with E-state index in [-0.39, 0.29) is 24.4 Å². The summed E-state index contributed by atoms with van der Waals surface area (Å²) in [5.41, 5.74) is 8.39. The summed E-state index contributed by atoms with van der Waals surface area (Å²) in [6.45, 7) is 3.37. The number of amides is 1. The van der Waals surface area contributed by atoms with Gasteiger partial charge >= 0.3 is 0 Å². The van der Waals surface area contributed by atoms with E-state index in [9.17, 15) is 4.79 Å². The van der Waals surface area contributed by atoms with Gasteiger partial charge in [0.1, 0.15) is 4.88 Å². The van der Waals surface area contributed by atoms with Crippen molar-refractivity contribution >= 4 is 29.7 Å². The molecule has 1 unspecified atom stereocenters. The Kier molecular flexibility index (Phi) is 4.70. The number of thiazole rings is 1. The van der Waals surface area contributed by atoms with Gasteiger partial charge in [0.25, 0.3) is 5.91 Å². The SMILES string of the molecule is Cc1ncsc1C(=O)N1CCCC(N)C1.Cl. The fraction of sp³-hybridized carbons (Fsp3) is 0.600. The van der Waals surface area contributed by atoms with Crippen molar-refractivity contribution in [1.29, 1.82) is 0 Å². The lowest BCUT2D eigenvalue weighted by molar-refractivity contribution is 0.0713. The summed E-state index contributed by atoms with van der Waals surface area (Å²) in [6.07, 6.45) is 2.02. The van der Waals surface area contributed by atoms with Crippen LogP contribution in [-0.4, -0.2) is 34.9 Å². The Bertz CT molecular complexity index is 369. The molecule has 1 aromatic rings. The number of likely N-dealkylation sites (tertiary alicyclic amines) is 1. The minimum Gasteiger partial charge on any atom is -0.336 e. The Morgan fingerprint density at radius 2 is 2.44 bits per heavy atom. The zero-order valence-electron chi connectivity index (χ0n) is 9.18. The van der Waals surface area contributed by atoms with Crippen LogP contribution >= 0.6 is 23.7 Å². The lowest BCUT2D eigenvalue weighted by Gasteiger charge is -2.30. The first-order valence-corrected chi connectivity index (χ1v) is 6.01. The standard InChI is InChI=1S/C10H15N3OS.ClH/c1-7-9(15-6-12-7)10(14)13-4-2-3-8(11)5-13;/h6,8H,2-5,11H2,1H3;1H. The number of rotatable bonds is 1. The fourth-order valence-corrected chi connectivity index (χ4v) is 2.61. The van der Waals surface area contributed by atoms with E-state index < -0.39 is 0 Å². The van der Waals surface area contributed by atoms with Gasteiger partial charge < -0.3 is 10.6 Å². The normalized spacial score (nSPS) is 20.4. The molecule has 1 aliphatic heterocycles. The lowest BCUT2D eigenvalue weighted by atomic mass is 10.1. The molecule has 1 aromatic heterocycles. The van der Waals surface area contributed by atoms with Crippen LogP contribution in [0, 0.1) is 6.92 Å². The van der Waals surface area contributed by atoms with Gasteiger partial charge in [-0.25, -0.2) is 4.98 Å². The second-order valence-electron chi connectivity index (χ2n) is 3.92. The summed E-state index contributed by atoms with van der Waals surface area (Å²) in [6, 6.07) is 0.135. The molecule has 0 spiro atoms. The average Bonchev–Trinajstić information content (AvgIpc) is 2.63. The molecule has 0 saturated carbocycles. The number of hydrogen-bond donors (Lipinski definition) is 1. The maximum atomic E-state index is 12.1. The molecule has 1 saturated heterocycles. The van der Waals surface area contributed by atoms with Crippen LogP contribution in [0.5, 0.6) is 0 Å². The van der Waals surface area contributed by atoms with Crippen molar-refractivity contribution in [3.8, 4) is 0 Å². The maximum absolute atomic E-state index is 12.1. The molecule has 0 aliphatic carbocycles. The van der Waals surface area contributed by atoms with E-state index >= 15 is 0 Å². The van der Waals surface area contributed by atoms with Crippen molar-refractivity contribution in [2.45, 2.75) is 25.8 Å². The summed E-state index contributed by atoms with van der Waals surface area (Å²) in [4.78, 5) is 18.8. The number of halogens is 1. The molecular formula is C10H16ClN3OS. The number of nitrogens with zero attached hydrogens (tertiary/aromatic N) is 2. The summed E-state index contributed by atoms with van der Waals surface area (Å²) in [5, 5.41) is 0. The Hall–Kier alpha value is -0.650. The van der Waals surface area contributed by atoms with Crippen molar-refractivity contribution in [2.24, 2.45) is 5.73 Å². The molecule has 2 N–H and O–H groups in total. The molecule has 2 rings (SSSR count). The number of hydrogen-bond acceptors (Lipinski definition) is 4. The molecule has 1 atom stereocenters. The summed E-state index contributed by atoms with van der Waals surface area (Å²) < 4.78 is 0. The molecule has 2 heterocycles. The lowest BCUT2D eigenvalue weighted by Crippen LogP contribution is -2.45. The van der Waals surface area contributed by atoms with Gasteiger partial charge in [0.15, 0.2) is 0 Å². The summed E-state index contributed by atoms with van der Waals surface area (Å²) in [5.74, 6) is 0.0881. The third-order valence-electron chi connectivity index (χ3n) is 2.68. The molecule has 1 amide bonds. The van der Waals surface area contributed by atoms with Crippen LogP contribution in [0.25, 0.3) is 0 Å². The molecule has 90 valence electrons. The van der Waals surface area contributed by atoms with E-state index in [0.29, 0.717) is 6.54 Å². The number of aromatic nitrogens is 1. The highest BCUT2D eigenvalue weighted by Crippen LogP contribution is 2.18. The van der Waals surface area contributed by atoms with Crippen molar-refractivity contribution in [2.75, 3.05) is 13.1 Å². The molecular weight excluding hydrogens is 246 g/mol.